The van der Waals surface area contributed by atoms with Crippen LogP contribution in [-0.2, 0) is 0 Å². The van der Waals surface area contributed by atoms with E-state index in [1.165, 1.54) is 12.3 Å². The van der Waals surface area contributed by atoms with Crippen LogP contribution in [0.5, 0.6) is 0 Å². The van der Waals surface area contributed by atoms with Gasteiger partial charge in [0.2, 0.25) is 5.65 Å². The minimum atomic E-state index is -0.121. The molecule has 4 aromatic rings. The molecule has 5 rings (SSSR count). The lowest BCUT2D eigenvalue weighted by atomic mass is 10.1. The number of nitrogens with zero attached hydrogens (tertiary/aromatic N) is 6. The Kier molecular flexibility index (Phi) is 4.01. The smallest absolute Gasteiger partial charge is 0.254 e. The van der Waals surface area contributed by atoms with Crippen molar-refractivity contribution in [2.75, 3.05) is 31.1 Å². The molecule has 1 saturated heterocycles. The number of amides is 1. The molecule has 1 aromatic carbocycles. The SMILES string of the molecule is Cc1nnc2c(N3CCN(C(=O)c4ccc5c(=O)ccoc5c4)CC3)nccn12. The normalized spacial score (nSPS) is 14.7. The third-order valence-corrected chi connectivity index (χ3v) is 5.25. The molecule has 0 atom stereocenters. The molecular formula is C20H18N6O3. The fourth-order valence-corrected chi connectivity index (χ4v) is 3.67. The van der Waals surface area contributed by atoms with Gasteiger partial charge in [0, 0.05) is 50.2 Å². The molecule has 146 valence electrons. The molecule has 0 N–H and O–H groups in total. The number of aryl methyl sites for hydroxylation is 1. The van der Waals surface area contributed by atoms with Crippen molar-refractivity contribution in [3.8, 4) is 0 Å². The zero-order chi connectivity index (χ0) is 20.0. The molecule has 9 heteroatoms. The van der Waals surface area contributed by atoms with Crippen molar-refractivity contribution in [1.82, 2.24) is 24.5 Å². The van der Waals surface area contributed by atoms with Crippen molar-refractivity contribution in [2.24, 2.45) is 0 Å². The van der Waals surface area contributed by atoms with Gasteiger partial charge >= 0.3 is 0 Å². The van der Waals surface area contributed by atoms with E-state index in [9.17, 15) is 9.59 Å². The molecule has 4 heterocycles. The van der Waals surface area contributed by atoms with E-state index in [4.69, 9.17) is 4.42 Å². The van der Waals surface area contributed by atoms with Gasteiger partial charge in [0.25, 0.3) is 5.91 Å². The number of carbonyl (C=O) groups excluding carboxylic acids is 1. The average molecular weight is 390 g/mol. The van der Waals surface area contributed by atoms with E-state index in [1.807, 2.05) is 17.5 Å². The first-order valence-corrected chi connectivity index (χ1v) is 9.34. The van der Waals surface area contributed by atoms with E-state index >= 15 is 0 Å². The lowest BCUT2D eigenvalue weighted by Gasteiger charge is -2.35. The van der Waals surface area contributed by atoms with Crippen LogP contribution < -0.4 is 10.3 Å². The molecule has 0 spiro atoms. The summed E-state index contributed by atoms with van der Waals surface area (Å²) < 4.78 is 7.29. The lowest BCUT2D eigenvalue weighted by Crippen LogP contribution is -2.49. The number of benzene rings is 1. The fraction of sp³-hybridized carbons (Fsp3) is 0.250. The average Bonchev–Trinajstić information content (AvgIpc) is 3.14. The summed E-state index contributed by atoms with van der Waals surface area (Å²) in [5.41, 5.74) is 1.52. The maximum atomic E-state index is 12.9. The maximum absolute atomic E-state index is 12.9. The minimum Gasteiger partial charge on any atom is -0.464 e. The van der Waals surface area contributed by atoms with Gasteiger partial charge in [-0.1, -0.05) is 0 Å². The van der Waals surface area contributed by atoms with E-state index in [-0.39, 0.29) is 11.3 Å². The van der Waals surface area contributed by atoms with Gasteiger partial charge in [0.05, 0.1) is 11.6 Å². The summed E-state index contributed by atoms with van der Waals surface area (Å²) in [5, 5.41) is 8.81. The highest BCUT2D eigenvalue weighted by molar-refractivity contribution is 5.97. The van der Waals surface area contributed by atoms with Crippen molar-refractivity contribution >= 4 is 28.3 Å². The number of aromatic nitrogens is 4. The third-order valence-electron chi connectivity index (χ3n) is 5.25. The summed E-state index contributed by atoms with van der Waals surface area (Å²) in [6, 6.07) is 6.32. The van der Waals surface area contributed by atoms with Crippen LogP contribution in [0.2, 0.25) is 0 Å². The van der Waals surface area contributed by atoms with Gasteiger partial charge in [0.1, 0.15) is 11.4 Å². The zero-order valence-electron chi connectivity index (χ0n) is 15.8. The van der Waals surface area contributed by atoms with E-state index < -0.39 is 0 Å². The minimum absolute atomic E-state index is 0.0810. The van der Waals surface area contributed by atoms with Crippen LogP contribution in [0.25, 0.3) is 16.6 Å². The first kappa shape index (κ1) is 17.4. The molecule has 0 saturated carbocycles. The van der Waals surface area contributed by atoms with E-state index in [0.717, 1.165) is 11.6 Å². The summed E-state index contributed by atoms with van der Waals surface area (Å²) in [5.74, 6) is 1.50. The van der Waals surface area contributed by atoms with Crippen LogP contribution in [0.3, 0.4) is 0 Å². The van der Waals surface area contributed by atoms with Crippen LogP contribution in [0.4, 0.5) is 5.82 Å². The van der Waals surface area contributed by atoms with Crippen molar-refractivity contribution in [3.05, 3.63) is 64.5 Å². The molecular weight excluding hydrogens is 372 g/mol. The predicted octanol–water partition coefficient (Wildman–Crippen LogP) is 1.50. The molecule has 1 aliphatic heterocycles. The highest BCUT2D eigenvalue weighted by atomic mass is 16.3. The standard InChI is InChI=1S/C20H18N6O3/c1-13-22-23-19-18(21-5-6-26(13)19)24-7-9-25(10-8-24)20(28)14-2-3-15-16(27)4-11-29-17(15)12-14/h2-6,11-12H,7-10H2,1H3. The van der Waals surface area contributed by atoms with Crippen molar-refractivity contribution in [2.45, 2.75) is 6.92 Å². The van der Waals surface area contributed by atoms with Gasteiger partial charge in [-0.3, -0.25) is 14.0 Å². The van der Waals surface area contributed by atoms with E-state index in [1.54, 1.807) is 29.3 Å². The van der Waals surface area contributed by atoms with Gasteiger partial charge in [0.15, 0.2) is 11.2 Å². The third kappa shape index (κ3) is 2.91. The first-order chi connectivity index (χ1) is 14.1. The zero-order valence-corrected chi connectivity index (χ0v) is 15.8. The Labute approximate surface area is 165 Å². The highest BCUT2D eigenvalue weighted by Crippen LogP contribution is 2.20. The molecule has 0 aliphatic carbocycles. The van der Waals surface area contributed by atoms with Gasteiger partial charge in [-0.05, 0) is 25.1 Å². The number of anilines is 1. The highest BCUT2D eigenvalue weighted by Gasteiger charge is 2.25. The Morgan fingerprint density at radius 3 is 2.76 bits per heavy atom. The summed E-state index contributed by atoms with van der Waals surface area (Å²) in [6.07, 6.45) is 4.92. The summed E-state index contributed by atoms with van der Waals surface area (Å²) in [7, 11) is 0. The Morgan fingerprint density at radius 2 is 1.93 bits per heavy atom. The van der Waals surface area contributed by atoms with E-state index in [0.29, 0.717) is 48.4 Å². The molecule has 3 aromatic heterocycles. The lowest BCUT2D eigenvalue weighted by molar-refractivity contribution is 0.0746. The van der Waals surface area contributed by atoms with Crippen molar-refractivity contribution in [3.63, 3.8) is 0 Å². The summed E-state index contributed by atoms with van der Waals surface area (Å²) in [6.45, 7) is 4.31. The van der Waals surface area contributed by atoms with Gasteiger partial charge < -0.3 is 14.2 Å². The number of carbonyl (C=O) groups is 1. The van der Waals surface area contributed by atoms with Gasteiger partial charge in [-0.25, -0.2) is 4.98 Å². The topological polar surface area (TPSA) is 96.8 Å². The Bertz CT molecular complexity index is 1290. The molecule has 9 nitrogen and oxygen atoms in total. The number of piperazine rings is 1. The molecule has 1 aliphatic rings. The van der Waals surface area contributed by atoms with Gasteiger partial charge in [-0.15, -0.1) is 10.2 Å². The molecule has 0 unspecified atom stereocenters. The molecule has 0 bridgehead atoms. The maximum Gasteiger partial charge on any atom is 0.254 e. The van der Waals surface area contributed by atoms with Crippen LogP contribution in [0, 0.1) is 6.92 Å². The second kappa shape index (κ2) is 6.69. The Balaban J connectivity index is 1.35. The second-order valence-corrected chi connectivity index (χ2v) is 6.97. The van der Waals surface area contributed by atoms with E-state index in [2.05, 4.69) is 20.1 Å². The van der Waals surface area contributed by atoms with Crippen LogP contribution >= 0.6 is 0 Å². The quantitative estimate of drug-likeness (QED) is 0.512. The second-order valence-electron chi connectivity index (χ2n) is 6.97. The largest absolute Gasteiger partial charge is 0.464 e. The van der Waals surface area contributed by atoms with Crippen molar-refractivity contribution in [1.29, 1.82) is 0 Å². The molecule has 0 radical (unpaired) electrons. The molecule has 29 heavy (non-hydrogen) atoms. The van der Waals surface area contributed by atoms with Crippen LogP contribution in [-0.4, -0.2) is 56.6 Å². The number of hydrogen-bond acceptors (Lipinski definition) is 7. The Morgan fingerprint density at radius 1 is 1.10 bits per heavy atom. The van der Waals surface area contributed by atoms with Gasteiger partial charge in [-0.2, -0.15) is 0 Å². The van der Waals surface area contributed by atoms with Crippen LogP contribution in [0.15, 0.2) is 52.1 Å². The molecule has 1 fully saturated rings. The predicted molar refractivity (Wildman–Crippen MR) is 106 cm³/mol. The number of rotatable bonds is 2. The number of hydrogen-bond donors (Lipinski definition) is 0. The van der Waals surface area contributed by atoms with Crippen molar-refractivity contribution < 1.29 is 9.21 Å². The summed E-state index contributed by atoms with van der Waals surface area (Å²) in [4.78, 5) is 33.2. The van der Waals surface area contributed by atoms with Crippen LogP contribution in [0.1, 0.15) is 16.2 Å². The summed E-state index contributed by atoms with van der Waals surface area (Å²) >= 11 is 0. The fourth-order valence-electron chi connectivity index (χ4n) is 3.67. The number of fused-ring (bicyclic) bond motifs is 2. The molecule has 1 amide bonds. The first-order valence-electron chi connectivity index (χ1n) is 9.34. The Hall–Kier alpha value is -3.75. The monoisotopic (exact) mass is 390 g/mol.